The van der Waals surface area contributed by atoms with Crippen molar-refractivity contribution in [1.29, 1.82) is 0 Å². The zero-order chi connectivity index (χ0) is 15.0. The van der Waals surface area contributed by atoms with Gasteiger partial charge in [-0.2, -0.15) is 0 Å². The van der Waals surface area contributed by atoms with Gasteiger partial charge >= 0.3 is 12.0 Å². The number of hydrogen-bond donors (Lipinski definition) is 2. The molecule has 3 aliphatic rings. The van der Waals surface area contributed by atoms with Gasteiger partial charge in [0, 0.05) is 26.2 Å². The molecule has 1 aliphatic carbocycles. The van der Waals surface area contributed by atoms with Gasteiger partial charge in [0.2, 0.25) is 5.91 Å². The molecule has 0 radical (unpaired) electrons. The topological polar surface area (TPSA) is 89.9 Å². The Morgan fingerprint density at radius 2 is 1.90 bits per heavy atom. The molecular weight excluding hydrogens is 274 g/mol. The molecule has 7 nitrogen and oxygen atoms in total. The third kappa shape index (κ3) is 2.69. The van der Waals surface area contributed by atoms with Crippen LogP contribution in [-0.2, 0) is 9.59 Å². The summed E-state index contributed by atoms with van der Waals surface area (Å²) in [5, 5.41) is 11.6. The van der Waals surface area contributed by atoms with Crippen LogP contribution < -0.4 is 5.32 Å². The largest absolute Gasteiger partial charge is 0.481 e. The zero-order valence-corrected chi connectivity index (χ0v) is 12.0. The Bertz CT molecular complexity index is 455. The van der Waals surface area contributed by atoms with E-state index in [0.717, 1.165) is 13.1 Å². The number of urea groups is 1. The van der Waals surface area contributed by atoms with E-state index >= 15 is 0 Å². The van der Waals surface area contributed by atoms with Crippen LogP contribution in [-0.4, -0.2) is 65.0 Å². The highest BCUT2D eigenvalue weighted by Gasteiger charge is 2.42. The maximum Gasteiger partial charge on any atom is 0.320 e. The van der Waals surface area contributed by atoms with Crippen LogP contribution >= 0.6 is 0 Å². The molecule has 0 aromatic rings. The predicted molar refractivity (Wildman–Crippen MR) is 73.6 cm³/mol. The summed E-state index contributed by atoms with van der Waals surface area (Å²) >= 11 is 0. The van der Waals surface area contributed by atoms with E-state index in [0.29, 0.717) is 24.9 Å². The van der Waals surface area contributed by atoms with Gasteiger partial charge in [-0.15, -0.1) is 0 Å². The molecule has 116 valence electrons. The molecule has 2 heterocycles. The van der Waals surface area contributed by atoms with E-state index in [2.05, 4.69) is 5.32 Å². The van der Waals surface area contributed by atoms with Gasteiger partial charge in [-0.1, -0.05) is 6.42 Å². The van der Waals surface area contributed by atoms with Crippen molar-refractivity contribution in [2.75, 3.05) is 26.2 Å². The summed E-state index contributed by atoms with van der Waals surface area (Å²) in [5.74, 6) is -0.250. The molecular formula is C14H21N3O4. The van der Waals surface area contributed by atoms with E-state index < -0.39 is 12.0 Å². The molecule has 21 heavy (non-hydrogen) atoms. The highest BCUT2D eigenvalue weighted by molar-refractivity contribution is 5.91. The second-order valence-electron chi connectivity index (χ2n) is 6.24. The number of rotatable bonds is 2. The molecule has 0 aromatic heterocycles. The van der Waals surface area contributed by atoms with Crippen LogP contribution in [0, 0.1) is 11.8 Å². The Kier molecular flexibility index (Phi) is 3.73. The fraction of sp³-hybridized carbons (Fsp3) is 0.786. The highest BCUT2D eigenvalue weighted by Crippen LogP contribution is 2.38. The molecule has 0 aromatic carbocycles. The van der Waals surface area contributed by atoms with Crippen LogP contribution in [0.5, 0.6) is 0 Å². The van der Waals surface area contributed by atoms with E-state index in [9.17, 15) is 14.4 Å². The molecule has 1 saturated carbocycles. The van der Waals surface area contributed by atoms with Crippen LogP contribution in [0.15, 0.2) is 0 Å². The van der Waals surface area contributed by atoms with E-state index in [1.54, 1.807) is 0 Å². The second-order valence-corrected chi connectivity index (χ2v) is 6.24. The Hall–Kier alpha value is -1.79. The molecule has 2 N–H and O–H groups in total. The first-order valence-corrected chi connectivity index (χ1v) is 7.61. The van der Waals surface area contributed by atoms with E-state index in [1.807, 2.05) is 4.90 Å². The highest BCUT2D eigenvalue weighted by atomic mass is 16.4. The molecule has 3 rings (SSSR count). The SMILES string of the molecule is O=C(O)CC1C(=O)NCCN1C(=O)N1CC2CCCC2C1. The van der Waals surface area contributed by atoms with Crippen molar-refractivity contribution < 1.29 is 19.5 Å². The maximum absolute atomic E-state index is 12.6. The van der Waals surface area contributed by atoms with Crippen molar-refractivity contribution in [2.24, 2.45) is 11.8 Å². The third-order valence-corrected chi connectivity index (χ3v) is 4.94. The summed E-state index contributed by atoms with van der Waals surface area (Å²) in [5.41, 5.74) is 0. The summed E-state index contributed by atoms with van der Waals surface area (Å²) in [7, 11) is 0. The van der Waals surface area contributed by atoms with Crippen molar-refractivity contribution in [1.82, 2.24) is 15.1 Å². The fourth-order valence-corrected chi connectivity index (χ4v) is 3.88. The van der Waals surface area contributed by atoms with Crippen LogP contribution in [0.1, 0.15) is 25.7 Å². The van der Waals surface area contributed by atoms with E-state index in [-0.39, 0.29) is 18.4 Å². The van der Waals surface area contributed by atoms with Crippen molar-refractivity contribution >= 4 is 17.9 Å². The number of carbonyl (C=O) groups excluding carboxylic acids is 2. The van der Waals surface area contributed by atoms with E-state index in [4.69, 9.17) is 5.11 Å². The van der Waals surface area contributed by atoms with Crippen LogP contribution in [0.25, 0.3) is 0 Å². The average Bonchev–Trinajstić information content (AvgIpc) is 3.00. The van der Waals surface area contributed by atoms with Gasteiger partial charge in [0.15, 0.2) is 0 Å². The lowest BCUT2D eigenvalue weighted by atomic mass is 10.0. The number of carboxylic acid groups (broad SMARTS) is 1. The molecule has 0 spiro atoms. The Morgan fingerprint density at radius 1 is 1.24 bits per heavy atom. The summed E-state index contributed by atoms with van der Waals surface area (Å²) in [6, 6.07) is -1.06. The van der Waals surface area contributed by atoms with Gasteiger partial charge in [0.1, 0.15) is 6.04 Å². The Morgan fingerprint density at radius 3 is 2.52 bits per heavy atom. The quantitative estimate of drug-likeness (QED) is 0.757. The van der Waals surface area contributed by atoms with Gasteiger partial charge in [-0.25, -0.2) is 4.79 Å². The van der Waals surface area contributed by atoms with Gasteiger partial charge in [-0.3, -0.25) is 9.59 Å². The lowest BCUT2D eigenvalue weighted by Gasteiger charge is -2.36. The molecule has 3 fully saturated rings. The predicted octanol–water partition coefficient (Wildman–Crippen LogP) is 0.113. The lowest BCUT2D eigenvalue weighted by Crippen LogP contribution is -2.60. The smallest absolute Gasteiger partial charge is 0.320 e. The number of hydrogen-bond acceptors (Lipinski definition) is 3. The number of amides is 3. The minimum Gasteiger partial charge on any atom is -0.481 e. The average molecular weight is 295 g/mol. The molecule has 3 amide bonds. The molecule has 2 saturated heterocycles. The minimum absolute atomic E-state index is 0.175. The number of aliphatic carboxylic acids is 1. The summed E-state index contributed by atoms with van der Waals surface area (Å²) < 4.78 is 0. The molecule has 3 unspecified atom stereocenters. The van der Waals surface area contributed by atoms with Crippen LogP contribution in [0.3, 0.4) is 0 Å². The summed E-state index contributed by atoms with van der Waals surface area (Å²) in [4.78, 5) is 38.7. The van der Waals surface area contributed by atoms with Crippen molar-refractivity contribution in [3.8, 4) is 0 Å². The van der Waals surface area contributed by atoms with Crippen LogP contribution in [0.2, 0.25) is 0 Å². The van der Waals surface area contributed by atoms with Gasteiger partial charge in [0.25, 0.3) is 0 Å². The molecule has 7 heteroatoms. The number of nitrogens with zero attached hydrogens (tertiary/aromatic N) is 2. The number of fused-ring (bicyclic) bond motifs is 1. The van der Waals surface area contributed by atoms with Crippen LogP contribution in [0.4, 0.5) is 4.79 Å². The maximum atomic E-state index is 12.6. The zero-order valence-electron chi connectivity index (χ0n) is 12.0. The van der Waals surface area contributed by atoms with Crippen molar-refractivity contribution in [2.45, 2.75) is 31.7 Å². The first-order chi connectivity index (χ1) is 10.1. The number of carbonyl (C=O) groups is 3. The second kappa shape index (κ2) is 5.54. The number of likely N-dealkylation sites (tertiary alicyclic amines) is 1. The monoisotopic (exact) mass is 295 g/mol. The lowest BCUT2D eigenvalue weighted by molar-refractivity contribution is -0.142. The molecule has 3 atom stereocenters. The molecule has 0 bridgehead atoms. The third-order valence-electron chi connectivity index (χ3n) is 4.94. The standard InChI is InChI=1S/C14H21N3O4/c18-12(19)6-11-13(20)15-4-5-17(11)14(21)16-7-9-2-1-3-10(9)8-16/h9-11H,1-8H2,(H,15,20)(H,18,19). The fourth-order valence-electron chi connectivity index (χ4n) is 3.88. The first-order valence-electron chi connectivity index (χ1n) is 7.61. The number of carboxylic acids is 1. The minimum atomic E-state index is -1.06. The normalized spacial score (nSPS) is 32.0. The Balaban J connectivity index is 1.69. The summed E-state index contributed by atoms with van der Waals surface area (Å²) in [6.45, 7) is 2.28. The van der Waals surface area contributed by atoms with Crippen molar-refractivity contribution in [3.63, 3.8) is 0 Å². The van der Waals surface area contributed by atoms with Gasteiger partial charge < -0.3 is 20.2 Å². The Labute approximate surface area is 123 Å². The van der Waals surface area contributed by atoms with E-state index in [1.165, 1.54) is 24.2 Å². The number of nitrogens with one attached hydrogen (secondary N) is 1. The van der Waals surface area contributed by atoms with Gasteiger partial charge in [0.05, 0.1) is 6.42 Å². The van der Waals surface area contributed by atoms with Gasteiger partial charge in [-0.05, 0) is 24.7 Å². The first kappa shape index (κ1) is 14.2. The van der Waals surface area contributed by atoms with Crippen molar-refractivity contribution in [3.05, 3.63) is 0 Å². The summed E-state index contributed by atoms with van der Waals surface area (Å²) in [6.07, 6.45) is 3.25. The number of piperazine rings is 1. The molecule has 2 aliphatic heterocycles.